The first kappa shape index (κ1) is 14.9. The van der Waals surface area contributed by atoms with Crippen molar-refractivity contribution in [2.45, 2.75) is 19.5 Å². The van der Waals surface area contributed by atoms with Crippen LogP contribution in [0.4, 0.5) is 13.2 Å². The Balaban J connectivity index is 1.84. The Bertz CT molecular complexity index is 606. The van der Waals surface area contributed by atoms with Gasteiger partial charge in [0.25, 0.3) is 5.91 Å². The van der Waals surface area contributed by atoms with Crippen LogP contribution in [-0.2, 0) is 12.6 Å². The van der Waals surface area contributed by atoms with Crippen LogP contribution in [0.25, 0.3) is 0 Å². The molecule has 1 amide bonds. The Morgan fingerprint density at radius 2 is 2.05 bits per heavy atom. The first-order chi connectivity index (χ1) is 9.36. The smallest absolute Gasteiger partial charge is 0.351 e. The number of rotatable bonds is 4. The van der Waals surface area contributed by atoms with E-state index in [9.17, 15) is 18.0 Å². The molecule has 108 valence electrons. The first-order valence-corrected chi connectivity index (χ1v) is 7.24. The average Bonchev–Trinajstić information content (AvgIpc) is 2.97. The Kier molecular flexibility index (Phi) is 4.39. The molecule has 0 radical (unpaired) electrons. The van der Waals surface area contributed by atoms with E-state index >= 15 is 0 Å². The number of thiophene rings is 1. The van der Waals surface area contributed by atoms with Crippen LogP contribution in [0.5, 0.6) is 0 Å². The molecule has 2 rings (SSSR count). The van der Waals surface area contributed by atoms with Gasteiger partial charge in [0.15, 0.2) is 0 Å². The van der Waals surface area contributed by atoms with Gasteiger partial charge in [0, 0.05) is 17.8 Å². The molecule has 9 heteroatoms. The van der Waals surface area contributed by atoms with Gasteiger partial charge in [0.1, 0.15) is 5.01 Å². The van der Waals surface area contributed by atoms with Crippen molar-refractivity contribution < 1.29 is 18.0 Å². The molecule has 0 saturated carbocycles. The second kappa shape index (κ2) is 5.88. The van der Waals surface area contributed by atoms with Gasteiger partial charge in [-0.05, 0) is 19.1 Å². The lowest BCUT2D eigenvalue weighted by Gasteiger charge is -2.01. The third-order valence-electron chi connectivity index (χ3n) is 2.30. The van der Waals surface area contributed by atoms with Crippen molar-refractivity contribution in [2.75, 3.05) is 6.54 Å². The number of aryl methyl sites for hydroxylation is 1. The molecule has 2 aromatic rings. The molecule has 1 N–H and O–H groups in total. The van der Waals surface area contributed by atoms with Crippen molar-refractivity contribution in [3.8, 4) is 0 Å². The molecule has 2 aromatic heterocycles. The number of halogens is 3. The van der Waals surface area contributed by atoms with E-state index in [2.05, 4.69) is 15.5 Å². The molecule has 0 bridgehead atoms. The standard InChI is InChI=1S/C11H10F3N3OS2/c1-6-2-3-7(19-6)9(18)15-5-4-8-16-17-10(20-8)11(12,13)14/h2-3H,4-5H2,1H3,(H,15,18). The van der Waals surface area contributed by atoms with Gasteiger partial charge in [-0.25, -0.2) is 0 Å². The summed E-state index contributed by atoms with van der Waals surface area (Å²) in [5.41, 5.74) is 0. The quantitative estimate of drug-likeness (QED) is 0.942. The minimum absolute atomic E-state index is 0.224. The van der Waals surface area contributed by atoms with E-state index in [-0.39, 0.29) is 23.9 Å². The lowest BCUT2D eigenvalue weighted by molar-refractivity contribution is -0.138. The zero-order chi connectivity index (χ0) is 14.8. The van der Waals surface area contributed by atoms with Crippen molar-refractivity contribution in [1.82, 2.24) is 15.5 Å². The van der Waals surface area contributed by atoms with Crippen molar-refractivity contribution >= 4 is 28.6 Å². The number of hydrogen-bond acceptors (Lipinski definition) is 5. The first-order valence-electron chi connectivity index (χ1n) is 5.60. The van der Waals surface area contributed by atoms with Crippen LogP contribution in [0.15, 0.2) is 12.1 Å². The second-order valence-electron chi connectivity index (χ2n) is 3.91. The maximum Gasteiger partial charge on any atom is 0.445 e. The maximum atomic E-state index is 12.3. The molecule has 0 fully saturated rings. The summed E-state index contributed by atoms with van der Waals surface area (Å²) in [6, 6.07) is 3.54. The van der Waals surface area contributed by atoms with Crippen LogP contribution in [-0.4, -0.2) is 22.6 Å². The molecule has 0 atom stereocenters. The SMILES string of the molecule is Cc1ccc(C(=O)NCCc2nnc(C(F)(F)F)s2)s1. The summed E-state index contributed by atoms with van der Waals surface area (Å²) in [5.74, 6) is -0.233. The molecule has 0 spiro atoms. The Morgan fingerprint density at radius 3 is 2.60 bits per heavy atom. The monoisotopic (exact) mass is 321 g/mol. The molecule has 4 nitrogen and oxygen atoms in total. The van der Waals surface area contributed by atoms with Gasteiger partial charge < -0.3 is 5.32 Å². The Morgan fingerprint density at radius 1 is 1.30 bits per heavy atom. The number of carbonyl (C=O) groups is 1. The molecule has 0 saturated heterocycles. The summed E-state index contributed by atoms with van der Waals surface area (Å²) in [5, 5.41) is 8.46. The lowest BCUT2D eigenvalue weighted by Crippen LogP contribution is -2.24. The Hall–Kier alpha value is -1.48. The van der Waals surface area contributed by atoms with Crippen molar-refractivity contribution in [1.29, 1.82) is 0 Å². The number of nitrogens with one attached hydrogen (secondary N) is 1. The Labute approximate surface area is 120 Å². The zero-order valence-corrected chi connectivity index (χ0v) is 12.0. The van der Waals surface area contributed by atoms with E-state index in [0.717, 1.165) is 4.88 Å². The van der Waals surface area contributed by atoms with E-state index in [1.807, 2.05) is 13.0 Å². The summed E-state index contributed by atoms with van der Waals surface area (Å²) in [6.45, 7) is 2.11. The van der Waals surface area contributed by atoms with Crippen LogP contribution < -0.4 is 5.32 Å². The molecule has 0 aliphatic carbocycles. The van der Waals surface area contributed by atoms with E-state index in [0.29, 0.717) is 16.2 Å². The van der Waals surface area contributed by atoms with Crippen LogP contribution in [0.1, 0.15) is 24.6 Å². The van der Waals surface area contributed by atoms with E-state index < -0.39 is 11.2 Å². The predicted molar refractivity (Wildman–Crippen MR) is 70.0 cm³/mol. The van der Waals surface area contributed by atoms with Crippen molar-refractivity contribution in [3.05, 3.63) is 31.9 Å². The molecule has 20 heavy (non-hydrogen) atoms. The fourth-order valence-electron chi connectivity index (χ4n) is 1.40. The van der Waals surface area contributed by atoms with Crippen molar-refractivity contribution in [3.63, 3.8) is 0 Å². The van der Waals surface area contributed by atoms with Gasteiger partial charge in [-0.2, -0.15) is 13.2 Å². The minimum Gasteiger partial charge on any atom is -0.351 e. The van der Waals surface area contributed by atoms with E-state index in [1.165, 1.54) is 11.3 Å². The van der Waals surface area contributed by atoms with Crippen LogP contribution in [0, 0.1) is 6.92 Å². The van der Waals surface area contributed by atoms with Crippen molar-refractivity contribution in [2.24, 2.45) is 0 Å². The highest BCUT2D eigenvalue weighted by molar-refractivity contribution is 7.14. The molecule has 0 aliphatic heterocycles. The summed E-state index contributed by atoms with van der Waals surface area (Å²) >= 11 is 1.86. The number of amides is 1. The van der Waals surface area contributed by atoms with Crippen LogP contribution >= 0.6 is 22.7 Å². The third kappa shape index (κ3) is 3.76. The number of aromatic nitrogens is 2. The largest absolute Gasteiger partial charge is 0.445 e. The van der Waals surface area contributed by atoms with Gasteiger partial charge in [-0.1, -0.05) is 11.3 Å². The summed E-state index contributed by atoms with van der Waals surface area (Å²) in [6.07, 6.45) is -4.24. The highest BCUT2D eigenvalue weighted by atomic mass is 32.1. The van der Waals surface area contributed by atoms with Gasteiger partial charge in [0.05, 0.1) is 4.88 Å². The highest BCUT2D eigenvalue weighted by Gasteiger charge is 2.35. The minimum atomic E-state index is -4.46. The number of nitrogens with zero attached hydrogens (tertiary/aromatic N) is 2. The lowest BCUT2D eigenvalue weighted by atomic mass is 10.4. The molecule has 2 heterocycles. The van der Waals surface area contributed by atoms with E-state index in [4.69, 9.17) is 0 Å². The molecular weight excluding hydrogens is 311 g/mol. The summed E-state index contributed by atoms with van der Waals surface area (Å²) in [4.78, 5) is 13.3. The topological polar surface area (TPSA) is 54.9 Å². The van der Waals surface area contributed by atoms with Gasteiger partial charge in [-0.3, -0.25) is 4.79 Å². The zero-order valence-electron chi connectivity index (χ0n) is 10.3. The van der Waals surface area contributed by atoms with Gasteiger partial charge >= 0.3 is 6.18 Å². The predicted octanol–water partition coefficient (Wildman–Crippen LogP) is 2.90. The molecule has 0 unspecified atom stereocenters. The summed E-state index contributed by atoms with van der Waals surface area (Å²) in [7, 11) is 0. The normalized spacial score (nSPS) is 11.6. The average molecular weight is 321 g/mol. The van der Waals surface area contributed by atoms with Crippen LogP contribution in [0.3, 0.4) is 0 Å². The number of hydrogen-bond donors (Lipinski definition) is 1. The molecule has 0 aromatic carbocycles. The number of alkyl halides is 3. The third-order valence-corrected chi connectivity index (χ3v) is 4.33. The van der Waals surface area contributed by atoms with Gasteiger partial charge in [0.2, 0.25) is 5.01 Å². The molecular formula is C11H10F3N3OS2. The second-order valence-corrected chi connectivity index (χ2v) is 6.26. The van der Waals surface area contributed by atoms with Gasteiger partial charge in [-0.15, -0.1) is 21.5 Å². The number of carbonyl (C=O) groups excluding carboxylic acids is 1. The highest BCUT2D eigenvalue weighted by Crippen LogP contribution is 2.31. The van der Waals surface area contributed by atoms with E-state index in [1.54, 1.807) is 6.07 Å². The molecule has 0 aliphatic rings. The van der Waals surface area contributed by atoms with Crippen LogP contribution in [0.2, 0.25) is 0 Å². The fraction of sp³-hybridized carbons (Fsp3) is 0.364. The maximum absolute atomic E-state index is 12.3. The fourth-order valence-corrected chi connectivity index (χ4v) is 2.89. The summed E-state index contributed by atoms with van der Waals surface area (Å²) < 4.78 is 36.9.